The van der Waals surface area contributed by atoms with Gasteiger partial charge >= 0.3 is 12.1 Å². The number of furan rings is 1. The molecule has 0 aliphatic heterocycles. The lowest BCUT2D eigenvalue weighted by Crippen LogP contribution is -2.42. The molecule has 0 aliphatic carbocycles. The van der Waals surface area contributed by atoms with Gasteiger partial charge < -0.3 is 19.6 Å². The highest BCUT2D eigenvalue weighted by atomic mass is 35.5. The third-order valence-corrected chi connectivity index (χ3v) is 6.11. The van der Waals surface area contributed by atoms with Gasteiger partial charge in [-0.05, 0) is 66.1 Å². The Kier molecular flexibility index (Phi) is 9.25. The van der Waals surface area contributed by atoms with E-state index in [0.717, 1.165) is 18.2 Å². The average Bonchev–Trinajstić information content (AvgIpc) is 3.35. The first-order valence-corrected chi connectivity index (χ1v) is 11.8. The van der Waals surface area contributed by atoms with Crippen LogP contribution in [0.3, 0.4) is 0 Å². The van der Waals surface area contributed by atoms with E-state index in [1.807, 2.05) is 6.92 Å². The molecule has 0 radical (unpaired) electrons. The molecule has 9 heteroatoms. The first kappa shape index (κ1) is 26.9. The number of ketones is 1. The standard InChI is InChI=1S/C27H27ClFNO6/c1-3-16-13-25(36-15-16)24(31)12-18(11-23(26(32)33)30-27(34)35-2)10-17-4-6-19(7-5-17)21-14-20(28)8-9-22(21)29/h4-9,13-15,18,23H,3,10-12H2,1-2H3,(H,30,34)(H,32,33)/t18-,23-/m1/s1. The summed E-state index contributed by atoms with van der Waals surface area (Å²) in [6.07, 6.45) is 1.70. The molecule has 0 saturated heterocycles. The number of rotatable bonds is 11. The van der Waals surface area contributed by atoms with Gasteiger partial charge in [0.15, 0.2) is 11.5 Å². The molecule has 3 aromatic rings. The number of hydrogen-bond donors (Lipinski definition) is 2. The van der Waals surface area contributed by atoms with Gasteiger partial charge in [0.05, 0.1) is 13.4 Å². The van der Waals surface area contributed by atoms with Gasteiger partial charge in [0, 0.05) is 17.0 Å². The molecule has 0 saturated carbocycles. The third-order valence-electron chi connectivity index (χ3n) is 5.87. The first-order valence-electron chi connectivity index (χ1n) is 11.4. The van der Waals surface area contributed by atoms with Crippen LogP contribution < -0.4 is 5.32 Å². The first-order chi connectivity index (χ1) is 17.2. The molecule has 36 heavy (non-hydrogen) atoms. The molecule has 0 unspecified atom stereocenters. The molecule has 1 heterocycles. The highest BCUT2D eigenvalue weighted by Crippen LogP contribution is 2.28. The van der Waals surface area contributed by atoms with Gasteiger partial charge in [-0.15, -0.1) is 0 Å². The Morgan fingerprint density at radius 1 is 1.11 bits per heavy atom. The van der Waals surface area contributed by atoms with E-state index in [1.54, 1.807) is 30.3 Å². The van der Waals surface area contributed by atoms with Gasteiger partial charge in [0.25, 0.3) is 0 Å². The van der Waals surface area contributed by atoms with Crippen molar-refractivity contribution in [3.8, 4) is 11.1 Å². The van der Waals surface area contributed by atoms with Crippen molar-refractivity contribution < 1.29 is 33.0 Å². The minimum absolute atomic E-state index is 0.00791. The van der Waals surface area contributed by atoms with Crippen LogP contribution in [-0.2, 0) is 22.4 Å². The number of carboxylic acid groups (broad SMARTS) is 1. The zero-order valence-electron chi connectivity index (χ0n) is 19.9. The van der Waals surface area contributed by atoms with Gasteiger partial charge in [-0.3, -0.25) is 4.79 Å². The summed E-state index contributed by atoms with van der Waals surface area (Å²) in [6, 6.07) is 11.8. The SMILES string of the molecule is CCc1coc(C(=O)C[C@H](Cc2ccc(-c3cc(Cl)ccc3F)cc2)C[C@@H](NC(=O)OC)C(=O)O)c1. The minimum Gasteiger partial charge on any atom is -0.480 e. The zero-order valence-corrected chi connectivity index (χ0v) is 20.7. The maximum atomic E-state index is 14.2. The quantitative estimate of drug-likeness (QED) is 0.306. The number of amides is 1. The van der Waals surface area contributed by atoms with Crippen LogP contribution in [0.4, 0.5) is 9.18 Å². The second-order valence-corrected chi connectivity index (χ2v) is 8.89. The highest BCUT2D eigenvalue weighted by Gasteiger charge is 2.27. The molecule has 0 bridgehead atoms. The predicted molar refractivity (Wildman–Crippen MR) is 133 cm³/mol. The Balaban J connectivity index is 1.82. The van der Waals surface area contributed by atoms with Gasteiger partial charge in [0.1, 0.15) is 11.9 Å². The molecule has 0 spiro atoms. The summed E-state index contributed by atoms with van der Waals surface area (Å²) in [5.74, 6) is -2.15. The van der Waals surface area contributed by atoms with Crippen molar-refractivity contribution in [1.29, 1.82) is 0 Å². The van der Waals surface area contributed by atoms with Crippen LogP contribution >= 0.6 is 11.6 Å². The second-order valence-electron chi connectivity index (χ2n) is 8.45. The smallest absolute Gasteiger partial charge is 0.407 e. The highest BCUT2D eigenvalue weighted by molar-refractivity contribution is 6.30. The van der Waals surface area contributed by atoms with Crippen molar-refractivity contribution in [2.45, 2.75) is 38.6 Å². The topological polar surface area (TPSA) is 106 Å². The Hall–Kier alpha value is -3.65. The van der Waals surface area contributed by atoms with E-state index in [-0.39, 0.29) is 24.4 Å². The van der Waals surface area contributed by atoms with Crippen LogP contribution in [0.15, 0.2) is 59.2 Å². The molecule has 1 amide bonds. The number of aryl methyl sites for hydroxylation is 1. The van der Waals surface area contributed by atoms with Crippen LogP contribution in [0.1, 0.15) is 41.4 Å². The lowest BCUT2D eigenvalue weighted by molar-refractivity contribution is -0.139. The monoisotopic (exact) mass is 515 g/mol. The fourth-order valence-corrected chi connectivity index (χ4v) is 4.11. The molecular formula is C27H27ClFNO6. The number of halogens is 2. The van der Waals surface area contributed by atoms with Crippen LogP contribution in [0, 0.1) is 11.7 Å². The number of carbonyl (C=O) groups is 3. The molecule has 2 N–H and O–H groups in total. The Morgan fingerprint density at radius 2 is 1.83 bits per heavy atom. The van der Waals surface area contributed by atoms with Crippen molar-refractivity contribution in [2.75, 3.05) is 7.11 Å². The summed E-state index contributed by atoms with van der Waals surface area (Å²) in [7, 11) is 1.14. The van der Waals surface area contributed by atoms with Crippen molar-refractivity contribution in [3.63, 3.8) is 0 Å². The summed E-state index contributed by atoms with van der Waals surface area (Å²) < 4.78 is 24.2. The summed E-state index contributed by atoms with van der Waals surface area (Å²) in [5.41, 5.74) is 2.69. The van der Waals surface area contributed by atoms with Crippen LogP contribution in [0.2, 0.25) is 5.02 Å². The summed E-state index contributed by atoms with van der Waals surface area (Å²) in [4.78, 5) is 36.3. The Bertz CT molecular complexity index is 1220. The average molecular weight is 516 g/mol. The normalized spacial score (nSPS) is 12.6. The van der Waals surface area contributed by atoms with E-state index in [9.17, 15) is 23.9 Å². The van der Waals surface area contributed by atoms with E-state index in [1.165, 1.54) is 24.5 Å². The zero-order chi connectivity index (χ0) is 26.2. The van der Waals surface area contributed by atoms with Crippen molar-refractivity contribution in [3.05, 3.63) is 82.5 Å². The van der Waals surface area contributed by atoms with Gasteiger partial charge in [-0.2, -0.15) is 0 Å². The predicted octanol–water partition coefficient (Wildman–Crippen LogP) is 5.93. The number of nitrogens with one attached hydrogen (secondary N) is 1. The lowest BCUT2D eigenvalue weighted by atomic mass is 9.87. The van der Waals surface area contributed by atoms with E-state index in [4.69, 9.17) is 16.0 Å². The molecule has 7 nitrogen and oxygen atoms in total. The lowest BCUT2D eigenvalue weighted by Gasteiger charge is -2.21. The van der Waals surface area contributed by atoms with E-state index in [0.29, 0.717) is 29.0 Å². The van der Waals surface area contributed by atoms with Gasteiger partial charge in [-0.1, -0.05) is 42.8 Å². The minimum atomic E-state index is -1.25. The molecular weight excluding hydrogens is 489 g/mol. The number of carbonyl (C=O) groups excluding carboxylic acids is 2. The number of ether oxygens (including phenoxy) is 1. The fraction of sp³-hybridized carbons (Fsp3) is 0.296. The molecule has 0 aliphatic rings. The summed E-state index contributed by atoms with van der Waals surface area (Å²) in [6.45, 7) is 1.94. The summed E-state index contributed by atoms with van der Waals surface area (Å²) in [5, 5.41) is 12.3. The maximum Gasteiger partial charge on any atom is 0.407 e. The van der Waals surface area contributed by atoms with Crippen molar-refractivity contribution in [1.82, 2.24) is 5.32 Å². The number of aliphatic carboxylic acids is 1. The molecule has 2 atom stereocenters. The molecule has 3 rings (SSSR count). The molecule has 2 aromatic carbocycles. The number of carboxylic acids is 1. The summed E-state index contributed by atoms with van der Waals surface area (Å²) >= 11 is 6.00. The van der Waals surface area contributed by atoms with Gasteiger partial charge in [0.2, 0.25) is 0 Å². The Morgan fingerprint density at radius 3 is 2.44 bits per heavy atom. The van der Waals surface area contributed by atoms with E-state index in [2.05, 4.69) is 10.1 Å². The van der Waals surface area contributed by atoms with Crippen LogP contribution in [-0.4, -0.2) is 36.1 Å². The third kappa shape index (κ3) is 7.18. The maximum absolute atomic E-state index is 14.2. The van der Waals surface area contributed by atoms with Crippen molar-refractivity contribution >= 4 is 29.4 Å². The van der Waals surface area contributed by atoms with Crippen LogP contribution in [0.25, 0.3) is 11.1 Å². The number of hydrogen-bond acceptors (Lipinski definition) is 5. The van der Waals surface area contributed by atoms with E-state index < -0.39 is 29.8 Å². The fourth-order valence-electron chi connectivity index (χ4n) is 3.94. The molecule has 190 valence electrons. The Labute approximate surface area is 213 Å². The van der Waals surface area contributed by atoms with Crippen molar-refractivity contribution in [2.24, 2.45) is 5.92 Å². The molecule has 1 aromatic heterocycles. The van der Waals surface area contributed by atoms with Gasteiger partial charge in [-0.25, -0.2) is 14.0 Å². The largest absolute Gasteiger partial charge is 0.480 e. The number of Topliss-reactive ketones (excluding diaryl/α,β-unsaturated/α-hetero) is 1. The van der Waals surface area contributed by atoms with Crippen LogP contribution in [0.5, 0.6) is 0 Å². The number of methoxy groups -OCH3 is 1. The number of benzene rings is 2. The number of alkyl carbamates (subject to hydrolysis) is 1. The second kappa shape index (κ2) is 12.4. The van der Waals surface area contributed by atoms with E-state index >= 15 is 0 Å². The molecule has 0 fully saturated rings.